The predicted octanol–water partition coefficient (Wildman–Crippen LogP) is 3.82. The van der Waals surface area contributed by atoms with Gasteiger partial charge in [-0.15, -0.1) is 0 Å². The Morgan fingerprint density at radius 3 is 2.67 bits per heavy atom. The number of nitro benzene ring substituents is 1. The van der Waals surface area contributed by atoms with Gasteiger partial charge in [-0.05, 0) is 25.3 Å². The van der Waals surface area contributed by atoms with Gasteiger partial charge in [0.1, 0.15) is 0 Å². The average Bonchev–Trinajstić information content (AvgIpc) is 2.38. The van der Waals surface area contributed by atoms with Crippen LogP contribution in [0, 0.1) is 10.1 Å². The molecule has 4 nitrogen and oxygen atoms in total. The molecule has 0 saturated carbocycles. The molecule has 0 aliphatic rings. The molecule has 2 atom stereocenters. The van der Waals surface area contributed by atoms with Crippen LogP contribution < -0.4 is 5.32 Å². The third-order valence-electron chi connectivity index (χ3n) is 3.16. The maximum Gasteiger partial charge on any atom is 0.269 e. The van der Waals surface area contributed by atoms with Crippen LogP contribution >= 0.6 is 0 Å². The van der Waals surface area contributed by atoms with E-state index >= 15 is 0 Å². The van der Waals surface area contributed by atoms with Gasteiger partial charge in [-0.2, -0.15) is 0 Å². The zero-order chi connectivity index (χ0) is 13.5. The number of nitrogens with zero attached hydrogens (tertiary/aromatic N) is 1. The molecular formula is C14H22N2O2. The monoisotopic (exact) mass is 250 g/mol. The van der Waals surface area contributed by atoms with Crippen LogP contribution in [0.5, 0.6) is 0 Å². The van der Waals surface area contributed by atoms with Crippen LogP contribution in [-0.2, 0) is 0 Å². The number of rotatable bonds is 7. The molecule has 1 N–H and O–H groups in total. The first-order valence-corrected chi connectivity index (χ1v) is 6.58. The molecule has 0 aliphatic heterocycles. The van der Waals surface area contributed by atoms with Gasteiger partial charge in [0.25, 0.3) is 5.69 Å². The van der Waals surface area contributed by atoms with Gasteiger partial charge in [0, 0.05) is 24.2 Å². The van der Waals surface area contributed by atoms with Crippen molar-refractivity contribution >= 4 is 5.69 Å². The molecule has 1 rings (SSSR count). The zero-order valence-electron chi connectivity index (χ0n) is 11.3. The molecule has 0 radical (unpaired) electrons. The molecule has 0 fully saturated rings. The van der Waals surface area contributed by atoms with E-state index in [2.05, 4.69) is 26.1 Å². The van der Waals surface area contributed by atoms with Crippen LogP contribution in [0.2, 0.25) is 0 Å². The molecule has 0 bridgehead atoms. The average molecular weight is 250 g/mol. The van der Waals surface area contributed by atoms with E-state index in [0.717, 1.165) is 24.8 Å². The highest BCUT2D eigenvalue weighted by molar-refractivity contribution is 5.35. The maximum atomic E-state index is 10.8. The number of hydrogen-bond donors (Lipinski definition) is 1. The Morgan fingerprint density at radius 1 is 1.39 bits per heavy atom. The summed E-state index contributed by atoms with van der Waals surface area (Å²) in [5.41, 5.74) is 1.17. The van der Waals surface area contributed by atoms with E-state index in [0.29, 0.717) is 6.04 Å². The Morgan fingerprint density at radius 2 is 2.11 bits per heavy atom. The lowest BCUT2D eigenvalue weighted by Gasteiger charge is -2.22. The van der Waals surface area contributed by atoms with Gasteiger partial charge >= 0.3 is 0 Å². The Bertz CT molecular complexity index is 393. The van der Waals surface area contributed by atoms with Crippen molar-refractivity contribution in [1.82, 2.24) is 5.32 Å². The smallest absolute Gasteiger partial charge is 0.269 e. The van der Waals surface area contributed by atoms with Gasteiger partial charge in [-0.25, -0.2) is 0 Å². The van der Waals surface area contributed by atoms with Crippen LogP contribution in [0.15, 0.2) is 24.3 Å². The topological polar surface area (TPSA) is 55.2 Å². The Kier molecular flexibility index (Phi) is 5.78. The molecule has 100 valence electrons. The van der Waals surface area contributed by atoms with E-state index in [1.807, 2.05) is 6.07 Å². The molecule has 4 heteroatoms. The van der Waals surface area contributed by atoms with Crippen LogP contribution in [0.3, 0.4) is 0 Å². The van der Waals surface area contributed by atoms with E-state index in [9.17, 15) is 10.1 Å². The predicted molar refractivity (Wildman–Crippen MR) is 73.6 cm³/mol. The van der Waals surface area contributed by atoms with E-state index < -0.39 is 0 Å². The van der Waals surface area contributed by atoms with Gasteiger partial charge in [-0.1, -0.05) is 32.4 Å². The van der Waals surface area contributed by atoms with Crippen LogP contribution in [0.4, 0.5) is 5.69 Å². The SMILES string of the molecule is CCCC(NC(C)CC)c1cccc([N+](=O)[O-])c1. The van der Waals surface area contributed by atoms with Crippen molar-refractivity contribution in [2.24, 2.45) is 0 Å². The number of nitrogens with one attached hydrogen (secondary N) is 1. The second kappa shape index (κ2) is 7.11. The fraction of sp³-hybridized carbons (Fsp3) is 0.571. The molecule has 1 aromatic rings. The minimum atomic E-state index is -0.338. The molecule has 18 heavy (non-hydrogen) atoms. The van der Waals surface area contributed by atoms with Crippen molar-refractivity contribution in [1.29, 1.82) is 0 Å². The lowest BCUT2D eigenvalue weighted by molar-refractivity contribution is -0.384. The second-order valence-electron chi connectivity index (χ2n) is 4.67. The molecule has 0 spiro atoms. The quantitative estimate of drug-likeness (QED) is 0.591. The van der Waals surface area contributed by atoms with Crippen LogP contribution in [0.25, 0.3) is 0 Å². The van der Waals surface area contributed by atoms with E-state index in [4.69, 9.17) is 0 Å². The number of nitro groups is 1. The standard InChI is InChI=1S/C14H22N2O2/c1-4-7-14(15-11(3)5-2)12-8-6-9-13(10-12)16(17)18/h6,8-11,14-15H,4-5,7H2,1-3H3. The normalized spacial score (nSPS) is 14.2. The minimum absolute atomic E-state index is 0.166. The first-order chi connectivity index (χ1) is 8.58. The molecule has 0 heterocycles. The largest absolute Gasteiger partial charge is 0.307 e. The summed E-state index contributed by atoms with van der Waals surface area (Å²) < 4.78 is 0. The molecule has 0 saturated heterocycles. The van der Waals surface area contributed by atoms with Crippen molar-refractivity contribution < 1.29 is 4.92 Å². The van der Waals surface area contributed by atoms with E-state index in [1.54, 1.807) is 12.1 Å². The molecule has 1 aromatic carbocycles. The Hall–Kier alpha value is -1.42. The summed E-state index contributed by atoms with van der Waals surface area (Å²) in [6, 6.07) is 7.55. The lowest BCUT2D eigenvalue weighted by atomic mass is 10.0. The fourth-order valence-corrected chi connectivity index (χ4v) is 1.95. The molecule has 0 aromatic heterocycles. The van der Waals surface area contributed by atoms with Gasteiger partial charge in [0.05, 0.1) is 4.92 Å². The van der Waals surface area contributed by atoms with Crippen molar-refractivity contribution in [2.45, 2.75) is 52.1 Å². The summed E-state index contributed by atoms with van der Waals surface area (Å²) in [5, 5.41) is 14.3. The van der Waals surface area contributed by atoms with Gasteiger partial charge in [0.15, 0.2) is 0 Å². The molecule has 0 amide bonds. The second-order valence-corrected chi connectivity index (χ2v) is 4.67. The van der Waals surface area contributed by atoms with E-state index in [-0.39, 0.29) is 16.7 Å². The Labute approximate surface area is 109 Å². The Balaban J connectivity index is 2.90. The van der Waals surface area contributed by atoms with Crippen LogP contribution in [-0.4, -0.2) is 11.0 Å². The summed E-state index contributed by atoms with van der Waals surface area (Å²) in [5.74, 6) is 0. The summed E-state index contributed by atoms with van der Waals surface area (Å²) in [6.07, 6.45) is 3.09. The zero-order valence-corrected chi connectivity index (χ0v) is 11.3. The minimum Gasteiger partial charge on any atom is -0.307 e. The summed E-state index contributed by atoms with van der Waals surface area (Å²) >= 11 is 0. The summed E-state index contributed by atoms with van der Waals surface area (Å²) in [6.45, 7) is 6.40. The van der Waals surface area contributed by atoms with Gasteiger partial charge in [0.2, 0.25) is 0 Å². The van der Waals surface area contributed by atoms with Crippen molar-refractivity contribution in [2.75, 3.05) is 0 Å². The summed E-state index contributed by atoms with van der Waals surface area (Å²) in [7, 11) is 0. The highest BCUT2D eigenvalue weighted by atomic mass is 16.6. The molecule has 2 unspecified atom stereocenters. The van der Waals surface area contributed by atoms with Gasteiger partial charge in [-0.3, -0.25) is 10.1 Å². The van der Waals surface area contributed by atoms with Crippen molar-refractivity contribution in [3.05, 3.63) is 39.9 Å². The first kappa shape index (κ1) is 14.6. The van der Waals surface area contributed by atoms with Crippen LogP contribution in [0.1, 0.15) is 51.6 Å². The molecular weight excluding hydrogens is 228 g/mol. The maximum absolute atomic E-state index is 10.8. The number of hydrogen-bond acceptors (Lipinski definition) is 3. The highest BCUT2D eigenvalue weighted by Gasteiger charge is 2.15. The third kappa shape index (κ3) is 4.11. The van der Waals surface area contributed by atoms with E-state index in [1.165, 1.54) is 6.07 Å². The number of benzene rings is 1. The van der Waals surface area contributed by atoms with Gasteiger partial charge < -0.3 is 5.32 Å². The summed E-state index contributed by atoms with van der Waals surface area (Å²) in [4.78, 5) is 10.5. The van der Waals surface area contributed by atoms with Crippen molar-refractivity contribution in [3.63, 3.8) is 0 Å². The molecule has 0 aliphatic carbocycles. The number of non-ortho nitro benzene ring substituents is 1. The highest BCUT2D eigenvalue weighted by Crippen LogP contribution is 2.23. The fourth-order valence-electron chi connectivity index (χ4n) is 1.95. The first-order valence-electron chi connectivity index (χ1n) is 6.58. The lowest BCUT2D eigenvalue weighted by Crippen LogP contribution is -2.30. The van der Waals surface area contributed by atoms with Crippen molar-refractivity contribution in [3.8, 4) is 0 Å². The third-order valence-corrected chi connectivity index (χ3v) is 3.16.